The number of hydrogen-bond acceptors (Lipinski definition) is 5. The van der Waals surface area contributed by atoms with Crippen LogP contribution in [0.1, 0.15) is 53.3 Å². The molecule has 1 amide bonds. The molecule has 3 rings (SSSR count). The normalized spacial score (nSPS) is 18.9. The number of aryl methyl sites for hydroxylation is 1. The summed E-state index contributed by atoms with van der Waals surface area (Å²) in [7, 11) is 0. The molecule has 2 aromatic rings. The van der Waals surface area contributed by atoms with Crippen molar-refractivity contribution in [3.05, 3.63) is 35.0 Å². The van der Waals surface area contributed by atoms with Gasteiger partial charge in [0, 0.05) is 12.6 Å². The van der Waals surface area contributed by atoms with Crippen molar-refractivity contribution in [3.8, 4) is 0 Å². The average Bonchev–Trinajstić information content (AvgIpc) is 3.15. The number of aromatic amines is 1. The fraction of sp³-hybridized carbons (Fsp3) is 0.533. The van der Waals surface area contributed by atoms with Crippen molar-refractivity contribution in [2.75, 3.05) is 19.8 Å². The molecule has 0 saturated carbocycles. The van der Waals surface area contributed by atoms with Gasteiger partial charge in [-0.25, -0.2) is 0 Å². The number of rotatable bonds is 3. The maximum atomic E-state index is 12.8. The van der Waals surface area contributed by atoms with E-state index in [9.17, 15) is 4.79 Å². The molecule has 1 saturated heterocycles. The first kappa shape index (κ1) is 14.8. The van der Waals surface area contributed by atoms with Gasteiger partial charge in [0.25, 0.3) is 5.91 Å². The molecule has 2 aromatic heterocycles. The quantitative estimate of drug-likeness (QED) is 0.938. The van der Waals surface area contributed by atoms with Crippen molar-refractivity contribution in [3.63, 3.8) is 0 Å². The fourth-order valence-corrected chi connectivity index (χ4v) is 2.58. The summed E-state index contributed by atoms with van der Waals surface area (Å²) in [5, 5.41) is 11.0. The number of aromatic nitrogens is 3. The van der Waals surface area contributed by atoms with E-state index in [0.717, 1.165) is 17.0 Å². The summed E-state index contributed by atoms with van der Waals surface area (Å²) in [5.74, 6) is 0.329. The second-order valence-electron chi connectivity index (χ2n) is 5.83. The lowest BCUT2D eigenvalue weighted by molar-refractivity contribution is -0.00600. The zero-order valence-electron chi connectivity index (χ0n) is 13.0. The Morgan fingerprint density at radius 1 is 1.50 bits per heavy atom. The van der Waals surface area contributed by atoms with E-state index >= 15 is 0 Å². The molecule has 22 heavy (non-hydrogen) atoms. The van der Waals surface area contributed by atoms with E-state index in [0.29, 0.717) is 19.8 Å². The molecular weight excluding hydrogens is 284 g/mol. The monoisotopic (exact) mass is 304 g/mol. The van der Waals surface area contributed by atoms with Gasteiger partial charge in [-0.2, -0.15) is 5.10 Å². The molecule has 7 heteroatoms. The third kappa shape index (κ3) is 2.64. The molecule has 0 bridgehead atoms. The topological polar surface area (TPSA) is 84.2 Å². The Morgan fingerprint density at radius 2 is 2.32 bits per heavy atom. The number of carbonyl (C=O) groups is 1. The molecule has 1 atom stereocenters. The lowest BCUT2D eigenvalue weighted by atomic mass is 10.1. The molecule has 3 heterocycles. The van der Waals surface area contributed by atoms with E-state index in [-0.39, 0.29) is 23.6 Å². The Hall–Kier alpha value is -2.15. The van der Waals surface area contributed by atoms with Crippen LogP contribution in [0.5, 0.6) is 0 Å². The highest BCUT2D eigenvalue weighted by Gasteiger charge is 2.33. The van der Waals surface area contributed by atoms with Crippen LogP contribution in [0.2, 0.25) is 0 Å². The van der Waals surface area contributed by atoms with Gasteiger partial charge < -0.3 is 14.2 Å². The van der Waals surface area contributed by atoms with E-state index in [1.807, 2.05) is 20.8 Å². The standard InChI is InChI=1S/C15H20N4O3/c1-9(2)11-6-13(22-18-11)15(20)19-4-5-21-8-12(19)14-10(3)7-16-17-14/h6-7,9,12H,4-5,8H2,1-3H3,(H,16,17)/t12-/m0/s1. The summed E-state index contributed by atoms with van der Waals surface area (Å²) in [6, 6.07) is 1.54. The van der Waals surface area contributed by atoms with E-state index in [2.05, 4.69) is 15.4 Å². The number of hydrogen-bond donors (Lipinski definition) is 1. The molecule has 7 nitrogen and oxygen atoms in total. The van der Waals surface area contributed by atoms with Gasteiger partial charge in [0.2, 0.25) is 5.76 Å². The third-order valence-corrected chi connectivity index (χ3v) is 3.92. The maximum Gasteiger partial charge on any atom is 0.293 e. The highest BCUT2D eigenvalue weighted by atomic mass is 16.5. The molecule has 118 valence electrons. The Kier molecular flexibility index (Phi) is 3.98. The summed E-state index contributed by atoms with van der Waals surface area (Å²) in [4.78, 5) is 14.5. The molecule has 0 unspecified atom stereocenters. The number of carbonyl (C=O) groups excluding carboxylic acids is 1. The van der Waals surface area contributed by atoms with Gasteiger partial charge in [0.15, 0.2) is 0 Å². The fourth-order valence-electron chi connectivity index (χ4n) is 2.58. The number of nitrogens with one attached hydrogen (secondary N) is 1. The van der Waals surface area contributed by atoms with Gasteiger partial charge in [-0.05, 0) is 18.4 Å². The first-order valence-electron chi connectivity index (χ1n) is 7.43. The predicted octanol–water partition coefficient (Wildman–Crippen LogP) is 2.04. The van der Waals surface area contributed by atoms with E-state index in [1.165, 1.54) is 0 Å². The minimum Gasteiger partial charge on any atom is -0.377 e. The zero-order valence-corrected chi connectivity index (χ0v) is 13.0. The molecular formula is C15H20N4O3. The summed E-state index contributed by atoms with van der Waals surface area (Å²) < 4.78 is 10.8. The second-order valence-corrected chi connectivity index (χ2v) is 5.83. The Bertz CT molecular complexity index is 661. The number of amides is 1. The van der Waals surface area contributed by atoms with Crippen LogP contribution in [-0.2, 0) is 4.74 Å². The third-order valence-electron chi connectivity index (χ3n) is 3.92. The van der Waals surface area contributed by atoms with Crippen LogP contribution in [0, 0.1) is 6.92 Å². The van der Waals surface area contributed by atoms with Crippen molar-refractivity contribution in [2.24, 2.45) is 0 Å². The van der Waals surface area contributed by atoms with Crippen molar-refractivity contribution in [2.45, 2.75) is 32.7 Å². The number of H-pyrrole nitrogens is 1. The van der Waals surface area contributed by atoms with Crippen molar-refractivity contribution in [1.29, 1.82) is 0 Å². The zero-order chi connectivity index (χ0) is 15.7. The van der Waals surface area contributed by atoms with Gasteiger partial charge in [-0.15, -0.1) is 0 Å². The minimum absolute atomic E-state index is 0.165. The SMILES string of the molecule is Cc1cn[nH]c1[C@@H]1COCCN1C(=O)c1cc(C(C)C)no1. The highest BCUT2D eigenvalue weighted by Crippen LogP contribution is 2.27. The van der Waals surface area contributed by atoms with Crippen LogP contribution in [0.4, 0.5) is 0 Å². The first-order valence-corrected chi connectivity index (χ1v) is 7.43. The Labute approximate surface area is 128 Å². The number of ether oxygens (including phenoxy) is 1. The van der Waals surface area contributed by atoms with Crippen LogP contribution in [0.25, 0.3) is 0 Å². The van der Waals surface area contributed by atoms with Gasteiger partial charge in [0.1, 0.15) is 0 Å². The minimum atomic E-state index is -0.184. The molecule has 1 aliphatic heterocycles. The first-order chi connectivity index (χ1) is 10.6. The van der Waals surface area contributed by atoms with Crippen molar-refractivity contribution < 1.29 is 14.1 Å². The van der Waals surface area contributed by atoms with Gasteiger partial charge >= 0.3 is 0 Å². The van der Waals surface area contributed by atoms with Gasteiger partial charge in [-0.3, -0.25) is 9.89 Å². The predicted molar refractivity (Wildman–Crippen MR) is 78.5 cm³/mol. The van der Waals surface area contributed by atoms with E-state index in [4.69, 9.17) is 9.26 Å². The molecule has 1 N–H and O–H groups in total. The molecule has 0 radical (unpaired) electrons. The molecule has 1 fully saturated rings. The van der Waals surface area contributed by atoms with Gasteiger partial charge in [0.05, 0.1) is 36.8 Å². The molecule has 1 aliphatic rings. The van der Waals surface area contributed by atoms with Crippen LogP contribution < -0.4 is 0 Å². The second kappa shape index (κ2) is 5.92. The smallest absolute Gasteiger partial charge is 0.293 e. The van der Waals surface area contributed by atoms with Crippen molar-refractivity contribution >= 4 is 5.91 Å². The average molecular weight is 304 g/mol. The van der Waals surface area contributed by atoms with Crippen molar-refractivity contribution in [1.82, 2.24) is 20.3 Å². The van der Waals surface area contributed by atoms with Crippen LogP contribution in [0.15, 0.2) is 16.8 Å². The van der Waals surface area contributed by atoms with E-state index in [1.54, 1.807) is 17.2 Å². The van der Waals surface area contributed by atoms with Crippen LogP contribution in [0.3, 0.4) is 0 Å². The Morgan fingerprint density at radius 3 is 2.95 bits per heavy atom. The summed E-state index contributed by atoms with van der Waals surface area (Å²) in [6.45, 7) is 7.46. The lowest BCUT2D eigenvalue weighted by Crippen LogP contribution is -2.43. The highest BCUT2D eigenvalue weighted by molar-refractivity contribution is 5.91. The lowest BCUT2D eigenvalue weighted by Gasteiger charge is -2.34. The molecule has 0 aliphatic carbocycles. The molecule has 0 aromatic carbocycles. The number of nitrogens with zero attached hydrogens (tertiary/aromatic N) is 3. The van der Waals surface area contributed by atoms with Crippen LogP contribution in [-0.4, -0.2) is 45.9 Å². The maximum absolute atomic E-state index is 12.8. The molecule has 0 spiro atoms. The summed E-state index contributed by atoms with van der Waals surface area (Å²) in [5.41, 5.74) is 2.69. The number of morpholine rings is 1. The van der Waals surface area contributed by atoms with Gasteiger partial charge in [-0.1, -0.05) is 19.0 Å². The summed E-state index contributed by atoms with van der Waals surface area (Å²) in [6.07, 6.45) is 1.75. The van der Waals surface area contributed by atoms with E-state index < -0.39 is 0 Å². The Balaban J connectivity index is 1.86. The summed E-state index contributed by atoms with van der Waals surface area (Å²) >= 11 is 0. The van der Waals surface area contributed by atoms with Crippen LogP contribution >= 0.6 is 0 Å². The largest absolute Gasteiger partial charge is 0.377 e.